The van der Waals surface area contributed by atoms with E-state index in [0.29, 0.717) is 13.1 Å². The summed E-state index contributed by atoms with van der Waals surface area (Å²) in [6, 6.07) is 0. The largest absolute Gasteiger partial charge is 0.401 e. The van der Waals surface area contributed by atoms with Crippen molar-refractivity contribution in [3.63, 3.8) is 0 Å². The van der Waals surface area contributed by atoms with Gasteiger partial charge in [0.25, 0.3) is 0 Å². The van der Waals surface area contributed by atoms with Gasteiger partial charge in [-0.1, -0.05) is 6.92 Å². The predicted molar refractivity (Wildman–Crippen MR) is 52.7 cm³/mol. The molecule has 0 spiro atoms. The number of hydrogen-bond donors (Lipinski definition) is 2. The zero-order chi connectivity index (χ0) is 11.9. The molecule has 15 heavy (non-hydrogen) atoms. The van der Waals surface area contributed by atoms with Gasteiger partial charge in [0.05, 0.1) is 13.2 Å². The lowest BCUT2D eigenvalue weighted by atomic mass is 10.1. The fourth-order valence-electron chi connectivity index (χ4n) is 1.48. The zero-order valence-electron chi connectivity index (χ0n) is 9.14. The van der Waals surface area contributed by atoms with Gasteiger partial charge in [-0.15, -0.1) is 0 Å². The Hall–Kier alpha value is -0.330. The average molecular weight is 228 g/mol. The fourth-order valence-corrected chi connectivity index (χ4v) is 1.48. The van der Waals surface area contributed by atoms with Crippen molar-refractivity contribution in [2.24, 2.45) is 5.92 Å². The molecule has 0 aromatic carbocycles. The highest BCUT2D eigenvalue weighted by molar-refractivity contribution is 4.67. The molecule has 1 atom stereocenters. The van der Waals surface area contributed by atoms with Crippen molar-refractivity contribution in [1.82, 2.24) is 10.2 Å². The van der Waals surface area contributed by atoms with Crippen LogP contribution in [-0.4, -0.2) is 56.0 Å². The van der Waals surface area contributed by atoms with Gasteiger partial charge in [0.15, 0.2) is 0 Å². The molecule has 0 amide bonds. The van der Waals surface area contributed by atoms with Crippen molar-refractivity contribution < 1.29 is 18.3 Å². The molecule has 0 heterocycles. The van der Waals surface area contributed by atoms with Crippen molar-refractivity contribution in [3.05, 3.63) is 0 Å². The molecular weight excluding hydrogens is 209 g/mol. The summed E-state index contributed by atoms with van der Waals surface area (Å²) >= 11 is 0. The minimum absolute atomic E-state index is 0.0631. The van der Waals surface area contributed by atoms with Crippen LogP contribution in [0.25, 0.3) is 0 Å². The molecule has 6 heteroatoms. The van der Waals surface area contributed by atoms with Gasteiger partial charge in [-0.05, 0) is 19.5 Å². The van der Waals surface area contributed by atoms with Crippen LogP contribution in [0.3, 0.4) is 0 Å². The van der Waals surface area contributed by atoms with E-state index in [9.17, 15) is 13.2 Å². The molecule has 0 aromatic rings. The monoisotopic (exact) mass is 228 g/mol. The average Bonchev–Trinajstić information content (AvgIpc) is 2.01. The number of hydrogen-bond acceptors (Lipinski definition) is 3. The fraction of sp³-hybridized carbons (Fsp3) is 1.00. The Morgan fingerprint density at radius 1 is 1.40 bits per heavy atom. The first-order chi connectivity index (χ1) is 6.89. The van der Waals surface area contributed by atoms with Crippen LogP contribution in [0.15, 0.2) is 0 Å². The van der Waals surface area contributed by atoms with E-state index in [1.807, 2.05) is 6.92 Å². The second-order valence-electron chi connectivity index (χ2n) is 3.74. The van der Waals surface area contributed by atoms with Gasteiger partial charge in [0, 0.05) is 13.1 Å². The van der Waals surface area contributed by atoms with Gasteiger partial charge in [0.1, 0.15) is 0 Å². The van der Waals surface area contributed by atoms with Crippen LogP contribution in [0, 0.1) is 5.92 Å². The van der Waals surface area contributed by atoms with Crippen molar-refractivity contribution in [2.75, 3.05) is 39.8 Å². The van der Waals surface area contributed by atoms with Crippen molar-refractivity contribution in [3.8, 4) is 0 Å². The standard InChI is InChI=1S/C9H19F3N2O/c1-8(5-13-2)6-14(3-4-15)7-9(10,11)12/h8,13,15H,3-7H2,1-2H3. The highest BCUT2D eigenvalue weighted by Crippen LogP contribution is 2.16. The molecule has 0 aliphatic rings. The quantitative estimate of drug-likeness (QED) is 0.673. The summed E-state index contributed by atoms with van der Waals surface area (Å²) in [4.78, 5) is 1.22. The molecule has 0 radical (unpaired) electrons. The third kappa shape index (κ3) is 8.65. The van der Waals surface area contributed by atoms with Crippen molar-refractivity contribution >= 4 is 0 Å². The highest BCUT2D eigenvalue weighted by Gasteiger charge is 2.30. The summed E-state index contributed by atoms with van der Waals surface area (Å²) < 4.78 is 36.4. The third-order valence-corrected chi connectivity index (χ3v) is 1.94. The summed E-state index contributed by atoms with van der Waals surface area (Å²) in [5.74, 6) is 0.129. The molecule has 3 nitrogen and oxygen atoms in total. The lowest BCUT2D eigenvalue weighted by Crippen LogP contribution is -2.40. The Bertz CT molecular complexity index is 164. The SMILES string of the molecule is CNCC(C)CN(CCO)CC(F)(F)F. The maximum Gasteiger partial charge on any atom is 0.401 e. The Balaban J connectivity index is 4.03. The number of aliphatic hydroxyl groups excluding tert-OH is 1. The van der Waals surface area contributed by atoms with Crippen molar-refractivity contribution in [1.29, 1.82) is 0 Å². The smallest absolute Gasteiger partial charge is 0.395 e. The number of nitrogens with one attached hydrogen (secondary N) is 1. The second kappa shape index (κ2) is 7.03. The number of rotatable bonds is 7. The minimum Gasteiger partial charge on any atom is -0.395 e. The first-order valence-electron chi connectivity index (χ1n) is 4.93. The molecule has 0 aliphatic heterocycles. The molecule has 0 bridgehead atoms. The normalized spacial score (nSPS) is 14.6. The summed E-state index contributed by atoms with van der Waals surface area (Å²) in [6.07, 6.45) is -4.20. The Morgan fingerprint density at radius 3 is 2.40 bits per heavy atom. The molecule has 0 saturated heterocycles. The van der Waals surface area contributed by atoms with Gasteiger partial charge in [-0.25, -0.2) is 0 Å². The van der Waals surface area contributed by atoms with Gasteiger partial charge in [-0.3, -0.25) is 4.90 Å². The van der Waals surface area contributed by atoms with Crippen LogP contribution < -0.4 is 5.32 Å². The summed E-state index contributed by atoms with van der Waals surface area (Å²) in [7, 11) is 1.76. The van der Waals surface area contributed by atoms with Crippen LogP contribution in [0.2, 0.25) is 0 Å². The van der Waals surface area contributed by atoms with E-state index < -0.39 is 12.7 Å². The van der Waals surface area contributed by atoms with Crippen LogP contribution in [0.5, 0.6) is 0 Å². The second-order valence-corrected chi connectivity index (χ2v) is 3.74. The molecule has 0 aliphatic carbocycles. The maximum absolute atomic E-state index is 12.1. The van der Waals surface area contributed by atoms with Crippen LogP contribution in [0.4, 0.5) is 13.2 Å². The maximum atomic E-state index is 12.1. The molecule has 0 saturated carbocycles. The number of alkyl halides is 3. The first kappa shape index (κ1) is 14.7. The topological polar surface area (TPSA) is 35.5 Å². The van der Waals surface area contributed by atoms with Gasteiger partial charge < -0.3 is 10.4 Å². The Kier molecular flexibility index (Phi) is 6.87. The highest BCUT2D eigenvalue weighted by atomic mass is 19.4. The van der Waals surface area contributed by atoms with E-state index in [1.54, 1.807) is 7.05 Å². The lowest BCUT2D eigenvalue weighted by Gasteiger charge is -2.25. The molecule has 92 valence electrons. The number of aliphatic hydroxyl groups is 1. The first-order valence-corrected chi connectivity index (χ1v) is 4.93. The lowest BCUT2D eigenvalue weighted by molar-refractivity contribution is -0.147. The zero-order valence-corrected chi connectivity index (χ0v) is 9.14. The van der Waals surface area contributed by atoms with E-state index in [1.165, 1.54) is 4.90 Å². The summed E-state index contributed by atoms with van der Waals surface area (Å²) in [5.41, 5.74) is 0. The summed E-state index contributed by atoms with van der Waals surface area (Å²) in [6.45, 7) is 1.73. The number of nitrogens with zero attached hydrogens (tertiary/aromatic N) is 1. The van der Waals surface area contributed by atoms with Crippen molar-refractivity contribution in [2.45, 2.75) is 13.1 Å². The van der Waals surface area contributed by atoms with Gasteiger partial charge in [-0.2, -0.15) is 13.2 Å². The van der Waals surface area contributed by atoms with E-state index in [-0.39, 0.29) is 19.1 Å². The predicted octanol–water partition coefficient (Wildman–Crippen LogP) is 0.698. The number of halogens is 3. The summed E-state index contributed by atoms with van der Waals surface area (Å²) in [5, 5.41) is 11.6. The Labute approximate surface area is 88.3 Å². The van der Waals surface area contributed by atoms with Gasteiger partial charge in [0.2, 0.25) is 0 Å². The molecular formula is C9H19F3N2O. The van der Waals surface area contributed by atoms with Crippen LogP contribution in [0.1, 0.15) is 6.92 Å². The van der Waals surface area contributed by atoms with E-state index in [2.05, 4.69) is 5.32 Å². The van der Waals surface area contributed by atoms with Gasteiger partial charge >= 0.3 is 6.18 Å². The van der Waals surface area contributed by atoms with Crippen LogP contribution in [-0.2, 0) is 0 Å². The molecule has 0 aromatic heterocycles. The van der Waals surface area contributed by atoms with E-state index in [4.69, 9.17) is 5.11 Å². The molecule has 0 rings (SSSR count). The minimum atomic E-state index is -4.20. The van der Waals surface area contributed by atoms with Crippen LogP contribution >= 0.6 is 0 Å². The molecule has 0 fully saturated rings. The molecule has 1 unspecified atom stereocenters. The molecule has 2 N–H and O–H groups in total. The van der Waals surface area contributed by atoms with E-state index in [0.717, 1.165) is 0 Å². The van der Waals surface area contributed by atoms with E-state index >= 15 is 0 Å². The third-order valence-electron chi connectivity index (χ3n) is 1.94. The Morgan fingerprint density at radius 2 is 2.00 bits per heavy atom.